The molecule has 558 valence electrons. The van der Waals surface area contributed by atoms with Gasteiger partial charge in [0, 0.05) is 108 Å². The lowest BCUT2D eigenvalue weighted by Gasteiger charge is -2.35. The maximum atomic E-state index is 12.0. The van der Waals surface area contributed by atoms with E-state index < -0.39 is 26.8 Å². The summed E-state index contributed by atoms with van der Waals surface area (Å²) in [5, 5.41) is 58.5. The van der Waals surface area contributed by atoms with Crippen molar-refractivity contribution in [2.24, 2.45) is 0 Å². The lowest BCUT2D eigenvalue weighted by atomic mass is 10.0. The van der Waals surface area contributed by atoms with E-state index in [2.05, 4.69) is 94.0 Å². The van der Waals surface area contributed by atoms with Crippen molar-refractivity contribution in [3.63, 3.8) is 0 Å². The highest BCUT2D eigenvalue weighted by Crippen LogP contribution is 2.31. The molecule has 3 unspecified atom stereocenters. The summed E-state index contributed by atoms with van der Waals surface area (Å²) in [6, 6.07) is 22.9. The molecule has 0 bridgehead atoms. The second kappa shape index (κ2) is 38.6. The lowest BCUT2D eigenvalue weighted by molar-refractivity contribution is -0.112. The maximum Gasteiger partial charge on any atom is 0.412 e. The van der Waals surface area contributed by atoms with Crippen molar-refractivity contribution in [1.29, 1.82) is 0 Å². The number of fused-ring (bicyclic) bond motifs is 3. The van der Waals surface area contributed by atoms with E-state index in [1.807, 2.05) is 67.8 Å². The number of allylic oxidation sites excluding steroid dienone is 1. The van der Waals surface area contributed by atoms with E-state index >= 15 is 0 Å². The fourth-order valence-corrected chi connectivity index (χ4v) is 12.4. The molecule has 3 saturated heterocycles. The first kappa shape index (κ1) is 79.8. The van der Waals surface area contributed by atoms with Crippen LogP contribution in [0.25, 0.3) is 16.9 Å². The second-order valence-electron chi connectivity index (χ2n) is 25.9. The molecule has 2 amide bonds. The number of hydrogen-bond acceptors (Lipinski definition) is 25. The lowest BCUT2D eigenvalue weighted by Crippen LogP contribution is -2.41. The molecule has 30 nitrogen and oxygen atoms in total. The van der Waals surface area contributed by atoms with Crippen LogP contribution >= 0.6 is 11.6 Å². The molecule has 3 atom stereocenters. The topological polar surface area (TPSA) is 389 Å². The number of amides is 2. The van der Waals surface area contributed by atoms with Crippen LogP contribution in [0.1, 0.15) is 135 Å². The van der Waals surface area contributed by atoms with Crippen molar-refractivity contribution < 1.29 is 42.9 Å². The minimum atomic E-state index is -3.63. The largest absolute Gasteiger partial charge is 0.444 e. The monoisotopic (exact) mass is 1470 g/mol. The van der Waals surface area contributed by atoms with E-state index in [1.54, 1.807) is 60.3 Å². The second-order valence-corrected chi connectivity index (χ2v) is 28.2. The molecule has 11 N–H and O–H groups in total. The zero-order valence-electron chi connectivity index (χ0n) is 60.2. The van der Waals surface area contributed by atoms with Crippen LogP contribution in [0.5, 0.6) is 0 Å². The standard InChI is InChI=1S/C23H29N7O2.C20H27N7O.C19H24N6O4S.C7H15NO.C3H3ClO/c1-3-16-15-24-30-21(16)27-22(29-12-6-5-10-19(29)11-13-31)28-23(30)26-18-9-7-8-17(14-18)25-20(32)4-2;1-2-14-13-22-27-18(14)24-19(26-10-4-3-8-17(26)9-11-28)25-20(27)23-16-7-5-6-15(21)12-16;1-6-12-11-20-25-15(12)23-17(30(5,27)28)24-16(25)21-13-8-7-9-14(10-13)22-18(26)29-19(2,3)4;9-6-4-7-3-1-2-5-8-7;1-2-3(4)5/h4,7-9,14-15,19,31H,2-3,5-6,10-13H2,1H3,(H,25,32)(H,26,27,28);5-7,12-13,17,28H,2-4,8-11,21H2,1H3,(H,23,24,25);7-11H,6H2,1-5H3,(H,22,26)(H,21,23,24);7-9H,1-6H2;2H,1H2. The van der Waals surface area contributed by atoms with Gasteiger partial charge in [0.1, 0.15) is 5.60 Å². The molecule has 0 spiro atoms. The Bertz CT molecular complexity index is 4450. The number of nitrogen functional groups attached to an aromatic ring is 1. The normalized spacial score (nSPS) is 15.9. The number of benzene rings is 3. The van der Waals surface area contributed by atoms with E-state index in [1.165, 1.54) is 36.3 Å². The van der Waals surface area contributed by atoms with Gasteiger partial charge >= 0.3 is 6.09 Å². The number of hydrogen-bond donors (Lipinski definition) is 10. The third kappa shape index (κ3) is 22.8. The number of nitrogens with zero attached hydrogens (tertiary/aromatic N) is 14. The number of ether oxygens (including phenoxy) is 1. The number of sulfone groups is 1. The minimum absolute atomic E-state index is 0.143. The van der Waals surface area contributed by atoms with Crippen LogP contribution in [0, 0.1) is 0 Å². The van der Waals surface area contributed by atoms with Gasteiger partial charge in [-0.05, 0) is 196 Å². The number of halogens is 1. The molecule has 6 aromatic heterocycles. The Hall–Kier alpha value is -9.92. The van der Waals surface area contributed by atoms with Crippen molar-refractivity contribution in [2.75, 3.05) is 87.8 Å². The fraction of sp³-hybridized carbons (Fsp3) is 0.444. The van der Waals surface area contributed by atoms with Gasteiger partial charge in [-0.1, -0.05) is 58.5 Å². The highest BCUT2D eigenvalue weighted by molar-refractivity contribution is 7.90. The fourth-order valence-electron chi connectivity index (χ4n) is 11.9. The first-order valence-electron chi connectivity index (χ1n) is 35.1. The number of aliphatic hydroxyl groups excluding tert-OH is 3. The number of anilines is 11. The molecule has 3 aliphatic heterocycles. The number of rotatable bonds is 22. The zero-order valence-corrected chi connectivity index (χ0v) is 61.8. The van der Waals surface area contributed by atoms with Crippen molar-refractivity contribution in [2.45, 2.75) is 167 Å². The van der Waals surface area contributed by atoms with E-state index in [0.717, 1.165) is 129 Å². The van der Waals surface area contributed by atoms with Crippen molar-refractivity contribution in [1.82, 2.24) is 64.1 Å². The van der Waals surface area contributed by atoms with Gasteiger partial charge in [-0.3, -0.25) is 14.9 Å². The Kier molecular flexibility index (Phi) is 29.6. The first-order chi connectivity index (χ1) is 50.0. The van der Waals surface area contributed by atoms with Crippen LogP contribution in [0.15, 0.2) is 122 Å². The average molecular weight is 1470 g/mol. The summed E-state index contributed by atoms with van der Waals surface area (Å²) >= 11 is 4.71. The molecule has 104 heavy (non-hydrogen) atoms. The number of piperidine rings is 3. The van der Waals surface area contributed by atoms with Crippen LogP contribution in [-0.2, 0) is 43.4 Å². The molecule has 9 aromatic rings. The van der Waals surface area contributed by atoms with Crippen molar-refractivity contribution in [3.8, 4) is 0 Å². The maximum absolute atomic E-state index is 12.0. The van der Waals surface area contributed by atoms with Gasteiger partial charge in [-0.2, -0.15) is 58.7 Å². The number of nitrogens with two attached hydrogens (primary N) is 1. The smallest absolute Gasteiger partial charge is 0.412 e. The summed E-state index contributed by atoms with van der Waals surface area (Å²) in [4.78, 5) is 65.2. The van der Waals surface area contributed by atoms with Gasteiger partial charge in [0.2, 0.25) is 50.7 Å². The Labute approximate surface area is 611 Å². The Morgan fingerprint density at radius 2 is 1.04 bits per heavy atom. The molecule has 0 aliphatic carbocycles. The Morgan fingerprint density at radius 3 is 1.45 bits per heavy atom. The average Bonchev–Trinajstić information content (AvgIpc) is 1.52. The van der Waals surface area contributed by atoms with Gasteiger partial charge in [-0.25, -0.2) is 13.2 Å². The minimum Gasteiger partial charge on any atom is -0.444 e. The molecule has 3 aliphatic rings. The predicted octanol–water partition coefficient (Wildman–Crippen LogP) is 10.7. The number of nitrogens with one attached hydrogen (secondary N) is 6. The number of carbonyl (C=O) groups is 3. The molecule has 0 radical (unpaired) electrons. The van der Waals surface area contributed by atoms with Crippen molar-refractivity contribution in [3.05, 3.63) is 133 Å². The summed E-state index contributed by atoms with van der Waals surface area (Å²) in [6.45, 7) is 21.5. The third-order valence-corrected chi connectivity index (χ3v) is 18.0. The van der Waals surface area contributed by atoms with E-state index in [-0.39, 0.29) is 42.3 Å². The van der Waals surface area contributed by atoms with Gasteiger partial charge < -0.3 is 62.2 Å². The molecular weight excluding hydrogens is 1370 g/mol. The first-order valence-corrected chi connectivity index (χ1v) is 37.4. The molecule has 3 fully saturated rings. The summed E-state index contributed by atoms with van der Waals surface area (Å²) in [6.07, 6.45) is 23.1. The molecule has 9 heterocycles. The van der Waals surface area contributed by atoms with Crippen LogP contribution in [0.2, 0.25) is 0 Å². The Morgan fingerprint density at radius 1 is 0.606 bits per heavy atom. The van der Waals surface area contributed by atoms with Gasteiger partial charge in [0.15, 0.2) is 16.9 Å². The van der Waals surface area contributed by atoms with Crippen LogP contribution in [0.3, 0.4) is 0 Å². The zero-order chi connectivity index (χ0) is 74.9. The van der Waals surface area contributed by atoms with Crippen LogP contribution in [-0.4, -0.2) is 169 Å². The summed E-state index contributed by atoms with van der Waals surface area (Å²) in [5.74, 6) is 2.41. The highest BCUT2D eigenvalue weighted by Gasteiger charge is 2.29. The predicted molar refractivity (Wildman–Crippen MR) is 408 cm³/mol. The summed E-state index contributed by atoms with van der Waals surface area (Å²) < 4.78 is 34.3. The third-order valence-electron chi connectivity index (χ3n) is 17.0. The summed E-state index contributed by atoms with van der Waals surface area (Å²) in [5.41, 5.74) is 14.2. The van der Waals surface area contributed by atoms with Crippen molar-refractivity contribution >= 4 is 119 Å². The van der Waals surface area contributed by atoms with Gasteiger partial charge in [-0.15, -0.1) is 0 Å². The molecular formula is C72H98ClN21O9S. The molecule has 12 rings (SSSR count). The summed E-state index contributed by atoms with van der Waals surface area (Å²) in [7, 11) is -3.63. The molecule has 0 saturated carbocycles. The van der Waals surface area contributed by atoms with E-state index in [0.29, 0.717) is 77.7 Å². The highest BCUT2D eigenvalue weighted by atomic mass is 35.5. The van der Waals surface area contributed by atoms with Gasteiger partial charge in [0.05, 0.1) is 18.6 Å². The van der Waals surface area contributed by atoms with Crippen LogP contribution in [0.4, 0.5) is 68.7 Å². The quantitative estimate of drug-likeness (QED) is 0.0171. The SMILES string of the molecule is C=CC(=O)Cl.C=CC(=O)Nc1cccc(Nc2nc(N3CCCCC3CCO)nc3c(CC)cnn23)c1.CCc1cnn2c(Nc3cccc(N)c3)nc(N3CCCCC3CCO)nc12.CCc1cnn2c(Nc3cccc(NC(=O)OC(C)(C)C)c3)nc(S(C)(=O)=O)nc12.OCCC1CCCCN1. The van der Waals surface area contributed by atoms with Crippen LogP contribution < -0.4 is 47.4 Å². The molecule has 3 aromatic carbocycles. The number of aryl methyl sites for hydroxylation is 3. The number of carbonyl (C=O) groups excluding carboxylic acids is 3. The van der Waals surface area contributed by atoms with E-state index in [9.17, 15) is 33.0 Å². The molecule has 32 heteroatoms. The van der Waals surface area contributed by atoms with Gasteiger partial charge in [0.25, 0.3) is 5.16 Å². The Balaban J connectivity index is 0.000000180. The number of aromatic nitrogens is 12. The van der Waals surface area contributed by atoms with E-state index in [4.69, 9.17) is 47.1 Å². The number of aliphatic hydroxyl groups is 3.